The van der Waals surface area contributed by atoms with Crippen molar-refractivity contribution in [3.63, 3.8) is 0 Å². The molecule has 3 aliphatic rings. The van der Waals surface area contributed by atoms with Crippen LogP contribution < -0.4 is 11.1 Å². The normalized spacial score (nSPS) is 34.9. The monoisotopic (exact) mass is 250 g/mol. The Hall–Kier alpha value is -0.570. The largest absolute Gasteiger partial charge is 0.369 e. The third kappa shape index (κ3) is 2.71. The van der Waals surface area contributed by atoms with Gasteiger partial charge in [-0.1, -0.05) is 12.8 Å². The molecule has 3 N–H and O–H groups in total. The maximum atomic E-state index is 11.2. The Morgan fingerprint density at radius 3 is 2.22 bits per heavy atom. The summed E-state index contributed by atoms with van der Waals surface area (Å²) < 4.78 is 0. The Morgan fingerprint density at radius 2 is 1.67 bits per heavy atom. The minimum absolute atomic E-state index is 0.0943. The van der Waals surface area contributed by atoms with Gasteiger partial charge in [0.2, 0.25) is 5.91 Å². The number of hydrogen-bond donors (Lipinski definition) is 2. The molecule has 0 radical (unpaired) electrons. The van der Waals surface area contributed by atoms with Crippen LogP contribution in [0.5, 0.6) is 0 Å². The lowest BCUT2D eigenvalue weighted by Gasteiger charge is -2.28. The highest BCUT2D eigenvalue weighted by Crippen LogP contribution is 2.42. The fraction of sp³-hybridized carbons (Fsp3) is 0.933. The average molecular weight is 250 g/mol. The number of nitrogens with two attached hydrogens (primary N) is 1. The summed E-state index contributed by atoms with van der Waals surface area (Å²) in [6.07, 6.45) is 11.6. The molecule has 1 unspecified atom stereocenters. The summed E-state index contributed by atoms with van der Waals surface area (Å²) in [5.41, 5.74) is 5.42. The van der Waals surface area contributed by atoms with Crippen LogP contribution in [0.2, 0.25) is 0 Å². The first-order valence-corrected chi connectivity index (χ1v) is 7.79. The van der Waals surface area contributed by atoms with Gasteiger partial charge in [-0.05, 0) is 56.8 Å². The second kappa shape index (κ2) is 5.20. The van der Waals surface area contributed by atoms with E-state index in [9.17, 15) is 4.79 Å². The zero-order chi connectivity index (χ0) is 12.5. The minimum atomic E-state index is -0.0943. The topological polar surface area (TPSA) is 55.1 Å². The van der Waals surface area contributed by atoms with E-state index in [2.05, 4.69) is 5.32 Å². The van der Waals surface area contributed by atoms with Gasteiger partial charge in [0.25, 0.3) is 0 Å². The molecule has 3 fully saturated rings. The molecule has 1 amide bonds. The summed E-state index contributed by atoms with van der Waals surface area (Å²) in [5, 5.41) is 3.90. The number of rotatable bonds is 5. The van der Waals surface area contributed by atoms with Crippen LogP contribution in [0.4, 0.5) is 0 Å². The lowest BCUT2D eigenvalue weighted by molar-refractivity contribution is -0.121. The van der Waals surface area contributed by atoms with Crippen LogP contribution in [-0.2, 0) is 4.79 Å². The van der Waals surface area contributed by atoms with Crippen molar-refractivity contribution >= 4 is 5.91 Å². The second-order valence-electron chi connectivity index (χ2n) is 6.68. The standard InChI is InChI=1S/C15H26N2O/c16-15(18)12-7-8-13(9-12)17-14(11-5-6-11)10-3-1-2-4-10/h10-14,17H,1-9H2,(H2,16,18)/t12-,13+,14?/m1/s1. The molecule has 0 aromatic rings. The van der Waals surface area contributed by atoms with Gasteiger partial charge in [-0.25, -0.2) is 0 Å². The van der Waals surface area contributed by atoms with Crippen LogP contribution in [0.3, 0.4) is 0 Å². The van der Waals surface area contributed by atoms with Crippen LogP contribution in [-0.4, -0.2) is 18.0 Å². The van der Waals surface area contributed by atoms with E-state index in [4.69, 9.17) is 5.73 Å². The van der Waals surface area contributed by atoms with Gasteiger partial charge in [-0.15, -0.1) is 0 Å². The van der Waals surface area contributed by atoms with Gasteiger partial charge in [-0.2, -0.15) is 0 Å². The highest BCUT2D eigenvalue weighted by molar-refractivity contribution is 5.77. The van der Waals surface area contributed by atoms with E-state index >= 15 is 0 Å². The van der Waals surface area contributed by atoms with Crippen molar-refractivity contribution < 1.29 is 4.79 Å². The van der Waals surface area contributed by atoms with E-state index in [1.54, 1.807) is 0 Å². The summed E-state index contributed by atoms with van der Waals surface area (Å²) in [7, 11) is 0. The predicted molar refractivity (Wildman–Crippen MR) is 71.9 cm³/mol. The van der Waals surface area contributed by atoms with E-state index in [0.29, 0.717) is 6.04 Å². The minimum Gasteiger partial charge on any atom is -0.369 e. The number of primary amides is 1. The van der Waals surface area contributed by atoms with E-state index in [1.165, 1.54) is 38.5 Å². The van der Waals surface area contributed by atoms with Crippen molar-refractivity contribution in [2.75, 3.05) is 0 Å². The Morgan fingerprint density at radius 1 is 1.00 bits per heavy atom. The lowest BCUT2D eigenvalue weighted by Crippen LogP contribution is -2.43. The smallest absolute Gasteiger partial charge is 0.220 e. The Kier molecular flexibility index (Phi) is 3.60. The van der Waals surface area contributed by atoms with Crippen LogP contribution in [0.25, 0.3) is 0 Å². The fourth-order valence-electron chi connectivity index (χ4n) is 4.09. The summed E-state index contributed by atoms with van der Waals surface area (Å²) in [6.45, 7) is 0. The molecule has 3 saturated carbocycles. The predicted octanol–water partition coefficient (Wildman–Crippen LogP) is 2.20. The molecule has 0 saturated heterocycles. The van der Waals surface area contributed by atoms with Crippen LogP contribution >= 0.6 is 0 Å². The maximum Gasteiger partial charge on any atom is 0.220 e. The van der Waals surface area contributed by atoms with Gasteiger partial charge in [0.15, 0.2) is 0 Å². The van der Waals surface area contributed by atoms with E-state index in [1.807, 2.05) is 0 Å². The van der Waals surface area contributed by atoms with Gasteiger partial charge >= 0.3 is 0 Å². The molecule has 0 heterocycles. The molecule has 0 bridgehead atoms. The first kappa shape index (κ1) is 12.5. The number of amides is 1. The molecule has 3 atom stereocenters. The Balaban J connectivity index is 1.55. The zero-order valence-electron chi connectivity index (χ0n) is 11.2. The van der Waals surface area contributed by atoms with Gasteiger partial charge in [-0.3, -0.25) is 4.79 Å². The molecule has 0 aromatic carbocycles. The molecule has 102 valence electrons. The first-order valence-electron chi connectivity index (χ1n) is 7.79. The van der Waals surface area contributed by atoms with Crippen LogP contribution in [0, 0.1) is 17.8 Å². The fourth-order valence-corrected chi connectivity index (χ4v) is 4.09. The highest BCUT2D eigenvalue weighted by Gasteiger charge is 2.40. The van der Waals surface area contributed by atoms with Gasteiger partial charge in [0.1, 0.15) is 0 Å². The lowest BCUT2D eigenvalue weighted by atomic mass is 9.93. The third-order valence-corrected chi connectivity index (χ3v) is 5.30. The molecule has 3 nitrogen and oxygen atoms in total. The SMILES string of the molecule is NC(=O)[C@@H]1CC[C@H](NC(C2CCCC2)C2CC2)C1. The van der Waals surface area contributed by atoms with Crippen molar-refractivity contribution in [1.29, 1.82) is 0 Å². The van der Waals surface area contributed by atoms with Gasteiger partial charge < -0.3 is 11.1 Å². The van der Waals surface area contributed by atoms with E-state index in [-0.39, 0.29) is 11.8 Å². The summed E-state index contributed by atoms with van der Waals surface area (Å²) in [4.78, 5) is 11.2. The van der Waals surface area contributed by atoms with Crippen molar-refractivity contribution in [1.82, 2.24) is 5.32 Å². The molecular formula is C15H26N2O. The maximum absolute atomic E-state index is 11.2. The van der Waals surface area contributed by atoms with Gasteiger partial charge in [0, 0.05) is 18.0 Å². The molecule has 3 aliphatic carbocycles. The molecule has 3 rings (SSSR count). The quantitative estimate of drug-likeness (QED) is 0.786. The molecule has 0 aromatic heterocycles. The number of nitrogens with one attached hydrogen (secondary N) is 1. The Labute approximate surface area is 110 Å². The van der Waals surface area contributed by atoms with Crippen LogP contribution in [0.15, 0.2) is 0 Å². The summed E-state index contributed by atoms with van der Waals surface area (Å²) >= 11 is 0. The zero-order valence-corrected chi connectivity index (χ0v) is 11.2. The third-order valence-electron chi connectivity index (χ3n) is 5.30. The van der Waals surface area contributed by atoms with Crippen molar-refractivity contribution in [2.45, 2.75) is 69.9 Å². The van der Waals surface area contributed by atoms with Crippen LogP contribution in [0.1, 0.15) is 57.8 Å². The van der Waals surface area contributed by atoms with Crippen molar-refractivity contribution in [3.05, 3.63) is 0 Å². The Bertz CT molecular complexity index is 308. The summed E-state index contributed by atoms with van der Waals surface area (Å²) in [6, 6.07) is 1.29. The first-order chi connectivity index (χ1) is 8.74. The number of hydrogen-bond acceptors (Lipinski definition) is 2. The molecule has 3 heteroatoms. The molecule has 0 aliphatic heterocycles. The molecule has 18 heavy (non-hydrogen) atoms. The van der Waals surface area contributed by atoms with Crippen molar-refractivity contribution in [3.8, 4) is 0 Å². The van der Waals surface area contributed by atoms with E-state index < -0.39 is 0 Å². The average Bonchev–Trinajstić information content (AvgIpc) is 2.88. The molecular weight excluding hydrogens is 224 g/mol. The summed E-state index contributed by atoms with van der Waals surface area (Å²) in [5.74, 6) is 1.87. The van der Waals surface area contributed by atoms with E-state index in [0.717, 1.165) is 37.1 Å². The number of carbonyl (C=O) groups excluding carboxylic acids is 1. The molecule has 0 spiro atoms. The highest BCUT2D eigenvalue weighted by atomic mass is 16.1. The van der Waals surface area contributed by atoms with Gasteiger partial charge in [0.05, 0.1) is 0 Å². The second-order valence-corrected chi connectivity index (χ2v) is 6.68. The van der Waals surface area contributed by atoms with Crippen molar-refractivity contribution in [2.24, 2.45) is 23.5 Å². The number of carbonyl (C=O) groups is 1.